The average molecular weight is 341 g/mol. The molecule has 0 saturated carbocycles. The van der Waals surface area contributed by atoms with E-state index in [1.165, 1.54) is 11.8 Å². The molecule has 120 valence electrons. The van der Waals surface area contributed by atoms with Crippen LogP contribution >= 0.6 is 23.4 Å². The Morgan fingerprint density at radius 3 is 2.77 bits per heavy atom. The molecule has 1 atom stereocenters. The van der Waals surface area contributed by atoms with Gasteiger partial charge >= 0.3 is 0 Å². The van der Waals surface area contributed by atoms with E-state index in [1.807, 2.05) is 36.1 Å². The van der Waals surface area contributed by atoms with Gasteiger partial charge in [0.25, 0.3) is 0 Å². The maximum Gasteiger partial charge on any atom is 0.233 e. The molecule has 2 rings (SSSR count). The molecule has 1 unspecified atom stereocenters. The van der Waals surface area contributed by atoms with Crippen molar-refractivity contribution in [3.05, 3.63) is 29.3 Å². The molecule has 2 amide bonds. The summed E-state index contributed by atoms with van der Waals surface area (Å²) in [6, 6.07) is 7.47. The SMILES string of the molecule is CC(Sc1ccc(Cl)cc1)C(=O)NCCCN1CCCC1=O. The van der Waals surface area contributed by atoms with Crippen molar-refractivity contribution in [2.45, 2.75) is 36.3 Å². The van der Waals surface area contributed by atoms with Crippen LogP contribution in [0.25, 0.3) is 0 Å². The smallest absolute Gasteiger partial charge is 0.233 e. The summed E-state index contributed by atoms with van der Waals surface area (Å²) in [4.78, 5) is 26.4. The lowest BCUT2D eigenvalue weighted by Gasteiger charge is -2.16. The minimum Gasteiger partial charge on any atom is -0.355 e. The van der Waals surface area contributed by atoms with Gasteiger partial charge in [0.05, 0.1) is 5.25 Å². The number of benzene rings is 1. The summed E-state index contributed by atoms with van der Waals surface area (Å²) in [5, 5.41) is 3.46. The van der Waals surface area contributed by atoms with E-state index >= 15 is 0 Å². The van der Waals surface area contributed by atoms with Crippen molar-refractivity contribution in [2.75, 3.05) is 19.6 Å². The van der Waals surface area contributed by atoms with E-state index in [9.17, 15) is 9.59 Å². The molecule has 0 bridgehead atoms. The Labute approximate surface area is 140 Å². The molecule has 0 radical (unpaired) electrons. The zero-order valence-electron chi connectivity index (χ0n) is 12.7. The number of nitrogens with one attached hydrogen (secondary N) is 1. The number of thioether (sulfide) groups is 1. The predicted molar refractivity (Wildman–Crippen MR) is 90.2 cm³/mol. The van der Waals surface area contributed by atoms with E-state index in [0.29, 0.717) is 18.0 Å². The highest BCUT2D eigenvalue weighted by Crippen LogP contribution is 2.24. The largest absolute Gasteiger partial charge is 0.355 e. The molecule has 1 heterocycles. The van der Waals surface area contributed by atoms with Gasteiger partial charge in [-0.15, -0.1) is 11.8 Å². The van der Waals surface area contributed by atoms with Crippen LogP contribution in [0, 0.1) is 0 Å². The molecule has 0 aromatic heterocycles. The van der Waals surface area contributed by atoms with Gasteiger partial charge in [0.1, 0.15) is 0 Å². The minimum absolute atomic E-state index is 0.0210. The molecule has 6 heteroatoms. The zero-order valence-corrected chi connectivity index (χ0v) is 14.3. The lowest BCUT2D eigenvalue weighted by atomic mass is 10.3. The number of rotatable bonds is 7. The maximum atomic E-state index is 12.0. The van der Waals surface area contributed by atoms with Crippen LogP contribution in [0.1, 0.15) is 26.2 Å². The molecular weight excluding hydrogens is 320 g/mol. The normalized spacial score (nSPS) is 15.9. The Morgan fingerprint density at radius 1 is 1.41 bits per heavy atom. The van der Waals surface area contributed by atoms with Crippen LogP contribution in [0.15, 0.2) is 29.2 Å². The van der Waals surface area contributed by atoms with Crippen molar-refractivity contribution >= 4 is 35.2 Å². The Balaban J connectivity index is 1.65. The fourth-order valence-electron chi connectivity index (χ4n) is 2.34. The first-order valence-corrected chi connectivity index (χ1v) is 8.80. The van der Waals surface area contributed by atoms with Gasteiger partial charge in [-0.1, -0.05) is 11.6 Å². The molecule has 0 spiro atoms. The van der Waals surface area contributed by atoms with E-state index < -0.39 is 0 Å². The Hall–Kier alpha value is -1.20. The number of likely N-dealkylation sites (tertiary alicyclic amines) is 1. The van der Waals surface area contributed by atoms with Crippen molar-refractivity contribution in [2.24, 2.45) is 0 Å². The molecule has 1 aromatic carbocycles. The van der Waals surface area contributed by atoms with Gasteiger partial charge in [0.15, 0.2) is 0 Å². The lowest BCUT2D eigenvalue weighted by Crippen LogP contribution is -2.34. The topological polar surface area (TPSA) is 49.4 Å². The third kappa shape index (κ3) is 5.21. The molecule has 1 N–H and O–H groups in total. The second-order valence-corrected chi connectivity index (χ2v) is 7.19. The van der Waals surface area contributed by atoms with Crippen LogP contribution in [-0.2, 0) is 9.59 Å². The van der Waals surface area contributed by atoms with Gasteiger partial charge in [-0.25, -0.2) is 0 Å². The second kappa shape index (κ2) is 8.44. The number of hydrogen-bond acceptors (Lipinski definition) is 3. The number of hydrogen-bond donors (Lipinski definition) is 1. The summed E-state index contributed by atoms with van der Waals surface area (Å²) in [6.45, 7) is 4.08. The van der Waals surface area contributed by atoms with Crippen LogP contribution in [0.5, 0.6) is 0 Å². The first-order valence-electron chi connectivity index (χ1n) is 7.54. The van der Waals surface area contributed by atoms with Crippen LogP contribution in [0.4, 0.5) is 0 Å². The number of carbonyl (C=O) groups is 2. The molecule has 1 aromatic rings. The zero-order chi connectivity index (χ0) is 15.9. The van der Waals surface area contributed by atoms with Gasteiger partial charge in [-0.3, -0.25) is 9.59 Å². The standard InChI is InChI=1S/C16H21ClN2O2S/c1-12(22-14-7-5-13(17)6-8-14)16(21)18-9-3-11-19-10-2-4-15(19)20/h5-8,12H,2-4,9-11H2,1H3,(H,18,21). The predicted octanol–water partition coefficient (Wildman–Crippen LogP) is 2.95. The average Bonchev–Trinajstić information content (AvgIpc) is 2.91. The summed E-state index contributed by atoms with van der Waals surface area (Å²) in [7, 11) is 0. The molecule has 22 heavy (non-hydrogen) atoms. The third-order valence-electron chi connectivity index (χ3n) is 3.57. The number of amides is 2. The van der Waals surface area contributed by atoms with E-state index in [-0.39, 0.29) is 17.1 Å². The monoisotopic (exact) mass is 340 g/mol. The molecule has 1 aliphatic rings. The molecular formula is C16H21ClN2O2S. The quantitative estimate of drug-likeness (QED) is 0.613. The third-order valence-corrected chi connectivity index (χ3v) is 4.94. The van der Waals surface area contributed by atoms with Crippen molar-refractivity contribution in [3.63, 3.8) is 0 Å². The molecule has 4 nitrogen and oxygen atoms in total. The number of carbonyl (C=O) groups excluding carboxylic acids is 2. The highest BCUT2D eigenvalue weighted by atomic mass is 35.5. The van der Waals surface area contributed by atoms with Gasteiger partial charge in [0, 0.05) is 36.0 Å². The van der Waals surface area contributed by atoms with Crippen molar-refractivity contribution < 1.29 is 9.59 Å². The Morgan fingerprint density at radius 2 is 2.14 bits per heavy atom. The number of nitrogens with zero attached hydrogens (tertiary/aromatic N) is 1. The van der Waals surface area contributed by atoms with Gasteiger partial charge in [0.2, 0.25) is 11.8 Å². The Kier molecular flexibility index (Phi) is 6.58. The van der Waals surface area contributed by atoms with E-state index in [4.69, 9.17) is 11.6 Å². The highest BCUT2D eigenvalue weighted by molar-refractivity contribution is 8.00. The van der Waals surface area contributed by atoms with Gasteiger partial charge in [-0.05, 0) is 44.0 Å². The first kappa shape index (κ1) is 17.2. The summed E-state index contributed by atoms with van der Waals surface area (Å²) >= 11 is 7.35. The molecule has 1 fully saturated rings. The molecule has 0 aliphatic carbocycles. The maximum absolute atomic E-state index is 12.0. The number of halogens is 1. The van der Waals surface area contributed by atoms with Crippen molar-refractivity contribution in [3.8, 4) is 0 Å². The summed E-state index contributed by atoms with van der Waals surface area (Å²) in [5.74, 6) is 0.255. The fraction of sp³-hybridized carbons (Fsp3) is 0.500. The minimum atomic E-state index is -0.158. The van der Waals surface area contributed by atoms with E-state index in [1.54, 1.807) is 0 Å². The van der Waals surface area contributed by atoms with Crippen molar-refractivity contribution in [1.29, 1.82) is 0 Å². The summed E-state index contributed by atoms with van der Waals surface area (Å²) < 4.78 is 0. The van der Waals surface area contributed by atoms with E-state index in [2.05, 4.69) is 5.32 Å². The summed E-state index contributed by atoms with van der Waals surface area (Å²) in [5.41, 5.74) is 0. The fourth-order valence-corrected chi connectivity index (χ4v) is 3.35. The molecule has 1 aliphatic heterocycles. The van der Waals surface area contributed by atoms with Crippen molar-refractivity contribution in [1.82, 2.24) is 10.2 Å². The first-order chi connectivity index (χ1) is 10.6. The van der Waals surface area contributed by atoms with Gasteiger partial charge in [-0.2, -0.15) is 0 Å². The van der Waals surface area contributed by atoms with Crippen LogP contribution in [0.2, 0.25) is 5.02 Å². The second-order valence-electron chi connectivity index (χ2n) is 5.34. The van der Waals surface area contributed by atoms with Crippen LogP contribution < -0.4 is 5.32 Å². The van der Waals surface area contributed by atoms with Gasteiger partial charge < -0.3 is 10.2 Å². The lowest BCUT2D eigenvalue weighted by molar-refractivity contribution is -0.127. The highest BCUT2D eigenvalue weighted by Gasteiger charge is 2.19. The van der Waals surface area contributed by atoms with Crippen LogP contribution in [-0.4, -0.2) is 41.6 Å². The Bertz CT molecular complexity index is 521. The summed E-state index contributed by atoms with van der Waals surface area (Å²) in [6.07, 6.45) is 2.43. The van der Waals surface area contributed by atoms with E-state index in [0.717, 1.165) is 30.8 Å². The molecule has 1 saturated heterocycles. The van der Waals surface area contributed by atoms with Crippen LogP contribution in [0.3, 0.4) is 0 Å².